The van der Waals surface area contributed by atoms with Crippen LogP contribution < -0.4 is 10.5 Å². The van der Waals surface area contributed by atoms with Crippen molar-refractivity contribution in [1.29, 1.82) is 0 Å². The van der Waals surface area contributed by atoms with Gasteiger partial charge in [0, 0.05) is 45.2 Å². The van der Waals surface area contributed by atoms with Crippen molar-refractivity contribution < 1.29 is 4.79 Å². The quantitative estimate of drug-likeness (QED) is 0.876. The van der Waals surface area contributed by atoms with Crippen molar-refractivity contribution in [3.8, 4) is 0 Å². The van der Waals surface area contributed by atoms with Gasteiger partial charge in [-0.05, 0) is 39.0 Å². The van der Waals surface area contributed by atoms with Gasteiger partial charge in [0.05, 0.1) is 17.8 Å². The Hall–Kier alpha value is -1.89. The Morgan fingerprint density at radius 2 is 1.92 bits per heavy atom. The second kappa shape index (κ2) is 7.39. The van der Waals surface area contributed by atoms with Crippen LogP contribution in [0, 0.1) is 0 Å². The molecule has 2 fully saturated rings. The molecule has 1 unspecified atom stereocenters. The van der Waals surface area contributed by atoms with Crippen LogP contribution in [0.3, 0.4) is 0 Å². The smallest absolute Gasteiger partial charge is 0.257 e. The maximum atomic E-state index is 12.7. The van der Waals surface area contributed by atoms with Gasteiger partial charge in [0.15, 0.2) is 0 Å². The maximum absolute atomic E-state index is 12.7. The summed E-state index contributed by atoms with van der Waals surface area (Å²) in [6, 6.07) is 0.335. The molecule has 7 nitrogen and oxygen atoms in total. The zero-order chi connectivity index (χ0) is 18.1. The monoisotopic (exact) mass is 359 g/mol. The van der Waals surface area contributed by atoms with Gasteiger partial charge in [-0.1, -0.05) is 0 Å². The number of aromatic nitrogens is 2. The third kappa shape index (κ3) is 3.49. The Bertz CT molecular complexity index is 725. The van der Waals surface area contributed by atoms with Gasteiger partial charge in [-0.3, -0.25) is 19.5 Å². The minimum Gasteiger partial charge on any atom is -0.342 e. The van der Waals surface area contributed by atoms with Crippen LogP contribution in [0.2, 0.25) is 0 Å². The number of anilines is 1. The number of hydrogen-bond donors (Lipinski definition) is 1. The highest BCUT2D eigenvalue weighted by Gasteiger charge is 2.28. The van der Waals surface area contributed by atoms with E-state index in [1.165, 1.54) is 6.42 Å². The average Bonchev–Trinajstić information content (AvgIpc) is 3.17. The number of aromatic amines is 1. The average molecular weight is 359 g/mol. The molecule has 2 saturated heterocycles. The number of amides is 1. The summed E-state index contributed by atoms with van der Waals surface area (Å²) in [6.07, 6.45) is 6.46. The number of piperidine rings is 1. The lowest BCUT2D eigenvalue weighted by molar-refractivity contribution is -0.135. The topological polar surface area (TPSA) is 72.5 Å². The van der Waals surface area contributed by atoms with E-state index in [0.717, 1.165) is 75.5 Å². The molecule has 0 aliphatic carbocycles. The molecular weight excluding hydrogens is 330 g/mol. The molecule has 26 heavy (non-hydrogen) atoms. The van der Waals surface area contributed by atoms with Gasteiger partial charge in [0.25, 0.3) is 5.56 Å². The summed E-state index contributed by atoms with van der Waals surface area (Å²) in [5.74, 6) is 0.914. The van der Waals surface area contributed by atoms with E-state index in [2.05, 4.69) is 21.7 Å². The van der Waals surface area contributed by atoms with E-state index in [0.29, 0.717) is 19.1 Å². The van der Waals surface area contributed by atoms with Crippen LogP contribution >= 0.6 is 0 Å². The van der Waals surface area contributed by atoms with Gasteiger partial charge in [0.1, 0.15) is 0 Å². The highest BCUT2D eigenvalue weighted by atomic mass is 16.2. The van der Waals surface area contributed by atoms with Crippen molar-refractivity contribution in [2.24, 2.45) is 0 Å². The first-order valence-electron chi connectivity index (χ1n) is 10.0. The molecule has 1 atom stereocenters. The van der Waals surface area contributed by atoms with Crippen LogP contribution in [-0.4, -0.2) is 64.4 Å². The lowest BCUT2D eigenvalue weighted by Gasteiger charge is -2.36. The number of rotatable bonds is 3. The van der Waals surface area contributed by atoms with E-state index in [9.17, 15) is 9.59 Å². The number of carbonyl (C=O) groups excluding carboxylic acids is 1. The Kier molecular flexibility index (Phi) is 4.98. The molecule has 3 aliphatic heterocycles. The molecule has 0 spiro atoms. The number of fused-ring (bicyclic) bond motifs is 1. The van der Waals surface area contributed by atoms with E-state index in [1.807, 2.05) is 4.90 Å². The third-order valence-electron chi connectivity index (χ3n) is 6.02. The highest BCUT2D eigenvalue weighted by Crippen LogP contribution is 2.20. The second-order valence-corrected chi connectivity index (χ2v) is 7.90. The molecule has 1 aromatic heterocycles. The van der Waals surface area contributed by atoms with Gasteiger partial charge in [-0.25, -0.2) is 4.98 Å². The molecule has 1 amide bonds. The predicted octanol–water partition coefficient (Wildman–Crippen LogP) is 1.13. The zero-order valence-corrected chi connectivity index (χ0v) is 15.7. The Labute approximate surface area is 154 Å². The summed E-state index contributed by atoms with van der Waals surface area (Å²) in [6.45, 7) is 6.65. The molecule has 1 aromatic rings. The lowest BCUT2D eigenvalue weighted by atomic mass is 10.0. The Morgan fingerprint density at radius 1 is 1.15 bits per heavy atom. The van der Waals surface area contributed by atoms with Crippen LogP contribution in [0.25, 0.3) is 0 Å². The van der Waals surface area contributed by atoms with Crippen molar-refractivity contribution >= 4 is 11.9 Å². The number of H-pyrrole nitrogens is 1. The number of likely N-dealkylation sites (tertiary alicyclic amines) is 1. The first kappa shape index (κ1) is 17.5. The summed E-state index contributed by atoms with van der Waals surface area (Å²) < 4.78 is 0. The number of carbonyl (C=O) groups is 1. The first-order valence-corrected chi connectivity index (χ1v) is 10.0. The minimum absolute atomic E-state index is 0.0413. The van der Waals surface area contributed by atoms with Gasteiger partial charge in [-0.15, -0.1) is 0 Å². The molecule has 0 saturated carbocycles. The molecule has 0 radical (unpaired) electrons. The van der Waals surface area contributed by atoms with Crippen LogP contribution in [0.1, 0.15) is 50.3 Å². The third-order valence-corrected chi connectivity index (χ3v) is 6.02. The largest absolute Gasteiger partial charge is 0.342 e. The summed E-state index contributed by atoms with van der Waals surface area (Å²) >= 11 is 0. The van der Waals surface area contributed by atoms with Crippen molar-refractivity contribution in [3.05, 3.63) is 21.6 Å². The Morgan fingerprint density at radius 3 is 2.69 bits per heavy atom. The Balaban J connectivity index is 1.44. The molecule has 0 aromatic carbocycles. The fraction of sp³-hybridized carbons (Fsp3) is 0.737. The van der Waals surface area contributed by atoms with Gasteiger partial charge in [-0.2, -0.15) is 0 Å². The van der Waals surface area contributed by atoms with E-state index >= 15 is 0 Å². The standard InChI is InChI=1S/C19H29N5O2/c1-14-6-2-3-10-24(14)17(25)13-22-11-7-16-15(12-22)18(26)21-19(20-16)23-8-4-5-9-23/h14H,2-13H2,1H3,(H,20,21,26). The van der Waals surface area contributed by atoms with E-state index < -0.39 is 0 Å². The van der Waals surface area contributed by atoms with Crippen LogP contribution in [-0.2, 0) is 17.8 Å². The second-order valence-electron chi connectivity index (χ2n) is 7.90. The molecule has 4 rings (SSSR count). The number of nitrogens with one attached hydrogen (secondary N) is 1. The van der Waals surface area contributed by atoms with Crippen molar-refractivity contribution in [2.75, 3.05) is 37.6 Å². The fourth-order valence-electron chi connectivity index (χ4n) is 4.43. The summed E-state index contributed by atoms with van der Waals surface area (Å²) in [5, 5.41) is 0. The van der Waals surface area contributed by atoms with Crippen molar-refractivity contribution in [3.63, 3.8) is 0 Å². The molecule has 4 heterocycles. The van der Waals surface area contributed by atoms with Gasteiger partial charge < -0.3 is 9.80 Å². The number of hydrogen-bond acceptors (Lipinski definition) is 5. The fourth-order valence-corrected chi connectivity index (χ4v) is 4.43. The normalized spacial score (nSPS) is 24.0. The summed E-state index contributed by atoms with van der Waals surface area (Å²) in [4.78, 5) is 39.2. The molecule has 7 heteroatoms. The van der Waals surface area contributed by atoms with E-state index in [1.54, 1.807) is 0 Å². The first-order chi connectivity index (χ1) is 12.6. The van der Waals surface area contributed by atoms with Crippen LogP contribution in [0.5, 0.6) is 0 Å². The number of nitrogens with zero attached hydrogens (tertiary/aromatic N) is 4. The van der Waals surface area contributed by atoms with E-state index in [4.69, 9.17) is 4.98 Å². The van der Waals surface area contributed by atoms with E-state index in [-0.39, 0.29) is 11.5 Å². The van der Waals surface area contributed by atoms with Gasteiger partial charge in [0.2, 0.25) is 11.9 Å². The van der Waals surface area contributed by atoms with Crippen molar-refractivity contribution in [1.82, 2.24) is 19.8 Å². The molecular formula is C19H29N5O2. The van der Waals surface area contributed by atoms with Crippen LogP contribution in [0.15, 0.2) is 4.79 Å². The van der Waals surface area contributed by atoms with Crippen molar-refractivity contribution in [2.45, 2.75) is 58.0 Å². The molecule has 0 bridgehead atoms. The summed E-state index contributed by atoms with van der Waals surface area (Å²) in [5.41, 5.74) is 1.60. The SMILES string of the molecule is CC1CCCCN1C(=O)CN1CCc2nc(N3CCCC3)[nH]c(=O)c2C1. The zero-order valence-electron chi connectivity index (χ0n) is 15.7. The lowest BCUT2D eigenvalue weighted by Crippen LogP contribution is -2.48. The molecule has 3 aliphatic rings. The maximum Gasteiger partial charge on any atom is 0.257 e. The van der Waals surface area contributed by atoms with Gasteiger partial charge >= 0.3 is 0 Å². The molecule has 142 valence electrons. The van der Waals surface area contributed by atoms with Crippen LogP contribution in [0.4, 0.5) is 5.95 Å². The predicted molar refractivity (Wildman–Crippen MR) is 100 cm³/mol. The summed E-state index contributed by atoms with van der Waals surface area (Å²) in [7, 11) is 0. The molecule has 1 N–H and O–H groups in total. The highest BCUT2D eigenvalue weighted by molar-refractivity contribution is 5.78. The minimum atomic E-state index is -0.0413.